The second-order valence-corrected chi connectivity index (χ2v) is 7.26. The Labute approximate surface area is 170 Å². The fourth-order valence-electron chi connectivity index (χ4n) is 3.47. The van der Waals surface area contributed by atoms with E-state index in [9.17, 15) is 4.79 Å². The lowest BCUT2D eigenvalue weighted by Gasteiger charge is -2.39. The number of hydrogen-bond acceptors (Lipinski definition) is 5. The summed E-state index contributed by atoms with van der Waals surface area (Å²) < 4.78 is 5.26. The van der Waals surface area contributed by atoms with E-state index in [0.717, 1.165) is 11.1 Å². The number of aryl methyl sites for hydroxylation is 1. The molecule has 1 heterocycles. The summed E-state index contributed by atoms with van der Waals surface area (Å²) in [5, 5.41) is 17.3. The number of rotatable bonds is 5. The van der Waals surface area contributed by atoms with Crippen LogP contribution in [0.1, 0.15) is 45.5 Å². The van der Waals surface area contributed by atoms with E-state index in [1.54, 1.807) is 36.1 Å². The smallest absolute Gasteiger partial charge is 0.253 e. The van der Waals surface area contributed by atoms with Crippen molar-refractivity contribution in [3.8, 4) is 6.07 Å². The number of nitriles is 1. The summed E-state index contributed by atoms with van der Waals surface area (Å²) >= 11 is 0. The number of nitrogens with zero attached hydrogens (tertiary/aromatic N) is 2. The lowest BCUT2D eigenvalue weighted by molar-refractivity contribution is 0.0602. The van der Waals surface area contributed by atoms with E-state index in [0.29, 0.717) is 41.2 Å². The third kappa shape index (κ3) is 3.99. The predicted molar refractivity (Wildman–Crippen MR) is 112 cm³/mol. The molecule has 2 aromatic rings. The van der Waals surface area contributed by atoms with Gasteiger partial charge in [0.15, 0.2) is 5.76 Å². The van der Waals surface area contributed by atoms with E-state index in [1.165, 1.54) is 7.11 Å². The Balaban J connectivity index is 1.75. The minimum atomic E-state index is -0.0589. The molecule has 0 aliphatic carbocycles. The van der Waals surface area contributed by atoms with Gasteiger partial charge in [-0.15, -0.1) is 0 Å². The zero-order valence-electron chi connectivity index (χ0n) is 16.8. The van der Waals surface area contributed by atoms with Crippen LogP contribution in [0.5, 0.6) is 0 Å². The van der Waals surface area contributed by atoms with Crippen LogP contribution in [0, 0.1) is 23.7 Å². The molecule has 0 radical (unpaired) electrons. The van der Waals surface area contributed by atoms with Crippen LogP contribution < -0.4 is 5.73 Å². The molecule has 1 amide bonds. The van der Waals surface area contributed by atoms with Gasteiger partial charge in [-0.1, -0.05) is 18.2 Å². The van der Waals surface area contributed by atoms with Crippen molar-refractivity contribution in [2.24, 2.45) is 5.73 Å². The molecule has 3 rings (SSSR count). The van der Waals surface area contributed by atoms with Gasteiger partial charge >= 0.3 is 0 Å². The van der Waals surface area contributed by atoms with Crippen LogP contribution in [0.2, 0.25) is 0 Å². The topological polar surface area (TPSA) is 103 Å². The van der Waals surface area contributed by atoms with Crippen molar-refractivity contribution in [2.45, 2.75) is 19.8 Å². The van der Waals surface area contributed by atoms with E-state index in [-0.39, 0.29) is 17.5 Å². The molecule has 1 saturated heterocycles. The minimum Gasteiger partial charge on any atom is -0.493 e. The zero-order chi connectivity index (χ0) is 21.1. The summed E-state index contributed by atoms with van der Waals surface area (Å²) in [5.74, 6) is 0.525. The van der Waals surface area contributed by atoms with E-state index in [2.05, 4.69) is 6.07 Å². The molecule has 6 heteroatoms. The molecule has 0 spiro atoms. The molecule has 0 unspecified atom stereocenters. The van der Waals surface area contributed by atoms with E-state index in [4.69, 9.17) is 21.1 Å². The Morgan fingerprint density at radius 3 is 2.45 bits per heavy atom. The number of allylic oxidation sites excluding steroid dienone is 2. The summed E-state index contributed by atoms with van der Waals surface area (Å²) in [5.41, 5.74) is 10.2. The second-order valence-electron chi connectivity index (χ2n) is 7.26. The highest BCUT2D eigenvalue weighted by Crippen LogP contribution is 2.29. The normalized spacial score (nSPS) is 14.5. The number of nitrogens with two attached hydrogens (primary N) is 1. The number of hydrogen-bond donors (Lipinski definition) is 2. The first-order valence-corrected chi connectivity index (χ1v) is 9.35. The van der Waals surface area contributed by atoms with Crippen LogP contribution >= 0.6 is 0 Å². The number of carbonyl (C=O) groups excluding carboxylic acids is 1. The predicted octanol–water partition coefficient (Wildman–Crippen LogP) is 3.31. The Bertz CT molecular complexity index is 1020. The third-order valence-electron chi connectivity index (χ3n) is 5.22. The van der Waals surface area contributed by atoms with Gasteiger partial charge in [0.05, 0.1) is 18.7 Å². The molecule has 0 atom stereocenters. The van der Waals surface area contributed by atoms with Crippen LogP contribution in [0.3, 0.4) is 0 Å². The van der Waals surface area contributed by atoms with Crippen LogP contribution in [-0.2, 0) is 4.74 Å². The summed E-state index contributed by atoms with van der Waals surface area (Å²) in [6.07, 6.45) is 0. The van der Waals surface area contributed by atoms with Gasteiger partial charge in [0.25, 0.3) is 5.91 Å². The molecule has 1 aliphatic rings. The molecule has 148 valence electrons. The van der Waals surface area contributed by atoms with Gasteiger partial charge in [-0.3, -0.25) is 10.2 Å². The number of amides is 1. The average molecular weight is 388 g/mol. The van der Waals surface area contributed by atoms with E-state index >= 15 is 0 Å². The monoisotopic (exact) mass is 388 g/mol. The van der Waals surface area contributed by atoms with Crippen LogP contribution in [0.4, 0.5) is 0 Å². The molecular formula is C23H24N4O2. The maximum absolute atomic E-state index is 12.9. The van der Waals surface area contributed by atoms with Gasteiger partial charge in [0.1, 0.15) is 5.71 Å². The van der Waals surface area contributed by atoms with Crippen molar-refractivity contribution in [1.82, 2.24) is 4.90 Å². The summed E-state index contributed by atoms with van der Waals surface area (Å²) in [4.78, 5) is 14.7. The van der Waals surface area contributed by atoms with Crippen LogP contribution in [0.25, 0.3) is 0 Å². The van der Waals surface area contributed by atoms with Crippen molar-refractivity contribution in [3.63, 3.8) is 0 Å². The molecule has 29 heavy (non-hydrogen) atoms. The van der Waals surface area contributed by atoms with Gasteiger partial charge in [-0.2, -0.15) is 5.26 Å². The molecule has 0 aromatic heterocycles. The Morgan fingerprint density at radius 1 is 1.24 bits per heavy atom. The van der Waals surface area contributed by atoms with Gasteiger partial charge in [-0.25, -0.2) is 0 Å². The zero-order valence-corrected chi connectivity index (χ0v) is 16.8. The molecule has 3 N–H and O–H groups in total. The maximum atomic E-state index is 12.9. The van der Waals surface area contributed by atoms with Crippen molar-refractivity contribution < 1.29 is 9.53 Å². The highest BCUT2D eigenvalue weighted by atomic mass is 16.5. The number of methoxy groups -OCH3 is 1. The molecule has 1 fully saturated rings. The lowest BCUT2D eigenvalue weighted by Crippen LogP contribution is -2.48. The highest BCUT2D eigenvalue weighted by molar-refractivity contribution is 6.11. The Hall–Kier alpha value is -3.59. The minimum absolute atomic E-state index is 0.0589. The van der Waals surface area contributed by atoms with Crippen LogP contribution in [-0.4, -0.2) is 36.7 Å². The number of ether oxygens (including phenoxy) is 1. The summed E-state index contributed by atoms with van der Waals surface area (Å²) in [6.45, 7) is 4.84. The van der Waals surface area contributed by atoms with E-state index in [1.807, 2.05) is 25.1 Å². The number of carbonyl (C=O) groups is 1. The first-order chi connectivity index (χ1) is 13.8. The Kier molecular flexibility index (Phi) is 5.69. The number of likely N-dealkylation sites (tertiary alicyclic amines) is 1. The summed E-state index contributed by atoms with van der Waals surface area (Å²) in [7, 11) is 1.48. The van der Waals surface area contributed by atoms with Crippen molar-refractivity contribution in [3.05, 3.63) is 81.7 Å². The standard InChI is InChI=1S/C23H24N4O2/c1-14-4-7-18(10-20(14)21(26)22(29-3)15(2)25)23(28)27-12-19(13-27)17-8-5-16(11-24)6-9-17/h4-10,19,26H,12-13,25H2,1-3H3. The second kappa shape index (κ2) is 8.19. The SMILES string of the molecule is COC(C(=N)c1cc(C(=O)N2CC(c3ccc(C#N)cc3)C2)ccc1C)=C(C)N. The van der Waals surface area contributed by atoms with Crippen molar-refractivity contribution in [2.75, 3.05) is 20.2 Å². The first kappa shape index (κ1) is 20.2. The molecular weight excluding hydrogens is 364 g/mol. The number of benzene rings is 2. The van der Waals surface area contributed by atoms with Crippen molar-refractivity contribution in [1.29, 1.82) is 10.7 Å². The fraction of sp³-hybridized carbons (Fsp3) is 0.261. The first-order valence-electron chi connectivity index (χ1n) is 9.35. The molecule has 0 bridgehead atoms. The van der Waals surface area contributed by atoms with E-state index < -0.39 is 0 Å². The third-order valence-corrected chi connectivity index (χ3v) is 5.22. The van der Waals surface area contributed by atoms with Gasteiger partial charge in [0.2, 0.25) is 0 Å². The fourth-order valence-corrected chi connectivity index (χ4v) is 3.47. The number of nitrogens with one attached hydrogen (secondary N) is 1. The van der Waals surface area contributed by atoms with Crippen LogP contribution in [0.15, 0.2) is 53.9 Å². The largest absolute Gasteiger partial charge is 0.493 e. The maximum Gasteiger partial charge on any atom is 0.253 e. The van der Waals surface area contributed by atoms with Gasteiger partial charge in [-0.05, 0) is 49.2 Å². The molecule has 0 saturated carbocycles. The quantitative estimate of drug-likeness (QED) is 0.606. The highest BCUT2D eigenvalue weighted by Gasteiger charge is 2.32. The lowest BCUT2D eigenvalue weighted by atomic mass is 9.90. The van der Waals surface area contributed by atoms with Gasteiger partial charge < -0.3 is 15.4 Å². The molecule has 1 aliphatic heterocycles. The van der Waals surface area contributed by atoms with Gasteiger partial charge in [0, 0.05) is 35.8 Å². The molecule has 6 nitrogen and oxygen atoms in total. The van der Waals surface area contributed by atoms with Crippen molar-refractivity contribution >= 4 is 11.6 Å². The summed E-state index contributed by atoms with van der Waals surface area (Å²) in [6, 6.07) is 15.0. The molecule has 2 aromatic carbocycles. The Morgan fingerprint density at radius 2 is 1.90 bits per heavy atom. The average Bonchev–Trinajstić information content (AvgIpc) is 2.67.